The van der Waals surface area contributed by atoms with Crippen molar-refractivity contribution >= 4 is 17.5 Å². The highest BCUT2D eigenvalue weighted by molar-refractivity contribution is 6.30. The minimum Gasteiger partial charge on any atom is -0.488 e. The van der Waals surface area contributed by atoms with Crippen molar-refractivity contribution in [2.45, 2.75) is 31.5 Å². The Kier molecular flexibility index (Phi) is 5.74. The molecule has 2 aliphatic rings. The second kappa shape index (κ2) is 8.28. The number of benzene rings is 2. The summed E-state index contributed by atoms with van der Waals surface area (Å²) in [4.78, 5) is 14.3. The number of amides is 1. The number of carbonyl (C=O) groups is 1. The molecule has 0 spiro atoms. The highest BCUT2D eigenvalue weighted by Gasteiger charge is 2.44. The van der Waals surface area contributed by atoms with Crippen LogP contribution in [0.1, 0.15) is 18.4 Å². The molecular formula is C22H22ClF2NO3. The van der Waals surface area contributed by atoms with Crippen molar-refractivity contribution in [2.75, 3.05) is 13.1 Å². The molecule has 4 nitrogen and oxygen atoms in total. The second-order valence-corrected chi connectivity index (χ2v) is 8.28. The first-order valence-corrected chi connectivity index (χ1v) is 10.1. The molecule has 0 aromatic heterocycles. The predicted octanol–water partition coefficient (Wildman–Crippen LogP) is 3.84. The van der Waals surface area contributed by atoms with Crippen LogP contribution in [0.4, 0.5) is 8.78 Å². The van der Waals surface area contributed by atoms with Gasteiger partial charge in [-0.3, -0.25) is 4.79 Å². The first kappa shape index (κ1) is 20.1. The number of hydrogen-bond donors (Lipinski definition) is 1. The molecule has 2 aromatic carbocycles. The number of nitrogens with zero attached hydrogens (tertiary/aromatic N) is 1. The van der Waals surface area contributed by atoms with Gasteiger partial charge >= 0.3 is 0 Å². The Hall–Kier alpha value is -2.18. The van der Waals surface area contributed by atoms with Crippen molar-refractivity contribution in [3.63, 3.8) is 0 Å². The lowest BCUT2D eigenvalue weighted by Gasteiger charge is -2.35. The fraction of sp³-hybridized carbons (Fsp3) is 0.409. The average Bonchev–Trinajstić information content (AvgIpc) is 3.08. The van der Waals surface area contributed by atoms with Crippen LogP contribution in [0.3, 0.4) is 0 Å². The van der Waals surface area contributed by atoms with E-state index in [1.165, 1.54) is 6.07 Å². The van der Waals surface area contributed by atoms with E-state index in [9.17, 15) is 18.7 Å². The van der Waals surface area contributed by atoms with Gasteiger partial charge in [0.2, 0.25) is 5.91 Å². The molecule has 1 N–H and O–H groups in total. The van der Waals surface area contributed by atoms with Gasteiger partial charge in [-0.2, -0.15) is 0 Å². The molecule has 1 saturated carbocycles. The van der Waals surface area contributed by atoms with E-state index in [4.69, 9.17) is 16.3 Å². The molecule has 29 heavy (non-hydrogen) atoms. The van der Waals surface area contributed by atoms with Gasteiger partial charge in [0, 0.05) is 23.7 Å². The van der Waals surface area contributed by atoms with Crippen LogP contribution in [0, 0.1) is 23.5 Å². The zero-order chi connectivity index (χ0) is 20.5. The van der Waals surface area contributed by atoms with E-state index >= 15 is 0 Å². The molecule has 2 fully saturated rings. The van der Waals surface area contributed by atoms with Crippen LogP contribution in [0.25, 0.3) is 0 Å². The SMILES string of the molecule is O=C(Cc1c(F)cccc1F)N1C[C@H]2C[C@@H](Oc3cccc(Cl)c3)[C@H](O)C[C@H]2C1. The largest absolute Gasteiger partial charge is 0.488 e. The van der Waals surface area contributed by atoms with Crippen LogP contribution in [-0.2, 0) is 11.2 Å². The summed E-state index contributed by atoms with van der Waals surface area (Å²) in [7, 11) is 0. The Bertz CT molecular complexity index is 889. The Balaban J connectivity index is 1.40. The topological polar surface area (TPSA) is 49.8 Å². The van der Waals surface area contributed by atoms with E-state index in [0.717, 1.165) is 12.1 Å². The first-order valence-electron chi connectivity index (χ1n) is 9.71. The van der Waals surface area contributed by atoms with Gasteiger partial charge in [-0.05, 0) is 55.0 Å². The monoisotopic (exact) mass is 421 g/mol. The zero-order valence-corrected chi connectivity index (χ0v) is 16.5. The van der Waals surface area contributed by atoms with Crippen LogP contribution in [0.15, 0.2) is 42.5 Å². The van der Waals surface area contributed by atoms with Gasteiger partial charge < -0.3 is 14.7 Å². The minimum atomic E-state index is -0.708. The average molecular weight is 422 g/mol. The normalized spacial score (nSPS) is 26.3. The molecule has 2 aromatic rings. The van der Waals surface area contributed by atoms with Crippen LogP contribution in [0.2, 0.25) is 5.02 Å². The summed E-state index contributed by atoms with van der Waals surface area (Å²) in [6, 6.07) is 10.6. The minimum absolute atomic E-state index is 0.152. The van der Waals surface area contributed by atoms with Gasteiger partial charge in [0.15, 0.2) is 0 Å². The van der Waals surface area contributed by atoms with Gasteiger partial charge in [-0.1, -0.05) is 23.7 Å². The molecule has 4 atom stereocenters. The lowest BCUT2D eigenvalue weighted by molar-refractivity contribution is -0.129. The smallest absolute Gasteiger partial charge is 0.227 e. The van der Waals surface area contributed by atoms with E-state index in [-0.39, 0.29) is 35.8 Å². The number of rotatable bonds is 4. The molecule has 1 heterocycles. The van der Waals surface area contributed by atoms with Crippen molar-refractivity contribution in [1.29, 1.82) is 0 Å². The Labute approximate surface area is 173 Å². The van der Waals surface area contributed by atoms with Gasteiger partial charge in [0.25, 0.3) is 0 Å². The third-order valence-electron chi connectivity index (χ3n) is 5.91. The molecule has 0 unspecified atom stereocenters. The lowest BCUT2D eigenvalue weighted by Crippen LogP contribution is -2.42. The third-order valence-corrected chi connectivity index (χ3v) is 6.15. The lowest BCUT2D eigenvalue weighted by atomic mass is 9.78. The van der Waals surface area contributed by atoms with E-state index in [1.54, 1.807) is 29.2 Å². The summed E-state index contributed by atoms with van der Waals surface area (Å²) in [6.07, 6.45) is -0.199. The van der Waals surface area contributed by atoms with Gasteiger partial charge in [0.1, 0.15) is 23.5 Å². The number of ether oxygens (including phenoxy) is 1. The molecule has 0 radical (unpaired) electrons. The number of carbonyl (C=O) groups excluding carboxylic acids is 1. The summed E-state index contributed by atoms with van der Waals surface area (Å²) in [5.41, 5.74) is -0.199. The van der Waals surface area contributed by atoms with Crippen molar-refractivity contribution in [2.24, 2.45) is 11.8 Å². The summed E-state index contributed by atoms with van der Waals surface area (Å²) in [6.45, 7) is 0.988. The zero-order valence-electron chi connectivity index (χ0n) is 15.7. The van der Waals surface area contributed by atoms with Crippen molar-refractivity contribution in [3.8, 4) is 5.75 Å². The summed E-state index contributed by atoms with van der Waals surface area (Å²) >= 11 is 5.99. The molecule has 4 rings (SSSR count). The molecular weight excluding hydrogens is 400 g/mol. The van der Waals surface area contributed by atoms with E-state index in [0.29, 0.717) is 36.7 Å². The molecule has 1 saturated heterocycles. The molecule has 0 bridgehead atoms. The number of likely N-dealkylation sites (tertiary alicyclic amines) is 1. The quantitative estimate of drug-likeness (QED) is 0.816. The predicted molar refractivity (Wildman–Crippen MR) is 105 cm³/mol. The maximum absolute atomic E-state index is 13.9. The summed E-state index contributed by atoms with van der Waals surface area (Å²) in [5, 5.41) is 11.1. The summed E-state index contributed by atoms with van der Waals surface area (Å²) in [5.74, 6) is -0.789. The highest BCUT2D eigenvalue weighted by Crippen LogP contribution is 2.38. The number of aliphatic hydroxyl groups is 1. The Morgan fingerprint density at radius 3 is 2.45 bits per heavy atom. The van der Waals surface area contributed by atoms with E-state index in [1.807, 2.05) is 0 Å². The van der Waals surface area contributed by atoms with Crippen molar-refractivity contribution in [3.05, 3.63) is 64.7 Å². The number of fused-ring (bicyclic) bond motifs is 1. The number of hydrogen-bond acceptors (Lipinski definition) is 3. The third kappa shape index (κ3) is 4.38. The molecule has 7 heteroatoms. The maximum atomic E-state index is 13.9. The molecule has 154 valence electrons. The van der Waals surface area contributed by atoms with E-state index in [2.05, 4.69) is 0 Å². The standard InChI is InChI=1S/C22H22ClF2NO3/c23-15-3-1-4-16(9-15)29-21-8-14-12-26(11-13(14)7-20(21)27)22(28)10-17-18(24)5-2-6-19(17)25/h1-6,9,13-14,20-21,27H,7-8,10-12H2/t13-,14+,20+,21+/m0/s1. The summed E-state index contributed by atoms with van der Waals surface area (Å²) < 4.78 is 33.7. The first-order chi connectivity index (χ1) is 13.9. The Morgan fingerprint density at radius 1 is 1.10 bits per heavy atom. The van der Waals surface area contributed by atoms with E-state index < -0.39 is 17.7 Å². The fourth-order valence-electron chi connectivity index (χ4n) is 4.40. The van der Waals surface area contributed by atoms with Crippen LogP contribution < -0.4 is 4.74 Å². The molecule has 1 aliphatic carbocycles. The van der Waals surface area contributed by atoms with Crippen LogP contribution >= 0.6 is 11.6 Å². The van der Waals surface area contributed by atoms with Gasteiger partial charge in [-0.15, -0.1) is 0 Å². The second-order valence-electron chi connectivity index (χ2n) is 7.85. The highest BCUT2D eigenvalue weighted by atomic mass is 35.5. The molecule has 1 amide bonds. The van der Waals surface area contributed by atoms with Crippen LogP contribution in [-0.4, -0.2) is 41.2 Å². The number of aliphatic hydroxyl groups excluding tert-OH is 1. The van der Waals surface area contributed by atoms with Crippen molar-refractivity contribution < 1.29 is 23.4 Å². The van der Waals surface area contributed by atoms with Gasteiger partial charge in [-0.25, -0.2) is 8.78 Å². The maximum Gasteiger partial charge on any atom is 0.227 e. The fourth-order valence-corrected chi connectivity index (χ4v) is 4.58. The van der Waals surface area contributed by atoms with Crippen molar-refractivity contribution in [1.82, 2.24) is 4.90 Å². The van der Waals surface area contributed by atoms with Crippen LogP contribution in [0.5, 0.6) is 5.75 Å². The Morgan fingerprint density at radius 2 is 1.76 bits per heavy atom. The van der Waals surface area contributed by atoms with Gasteiger partial charge in [0.05, 0.1) is 12.5 Å². The number of halogens is 3. The molecule has 1 aliphatic heterocycles.